The zero-order valence-corrected chi connectivity index (χ0v) is 13.6. The van der Waals surface area contributed by atoms with Crippen LogP contribution in [0.3, 0.4) is 0 Å². The molecule has 1 N–H and O–H groups in total. The summed E-state index contributed by atoms with van der Waals surface area (Å²) in [5.74, 6) is -0.0839. The van der Waals surface area contributed by atoms with Crippen molar-refractivity contribution in [2.24, 2.45) is 0 Å². The van der Waals surface area contributed by atoms with E-state index >= 15 is 0 Å². The molecule has 122 valence electrons. The van der Waals surface area contributed by atoms with Crippen molar-refractivity contribution in [1.29, 1.82) is 0 Å². The van der Waals surface area contributed by atoms with Crippen LogP contribution in [-0.2, 0) is 9.53 Å². The maximum absolute atomic E-state index is 11.2. The molecule has 0 saturated carbocycles. The molecule has 1 fully saturated rings. The molecule has 0 bridgehead atoms. The average Bonchev–Trinajstić information content (AvgIpc) is 2.48. The smallest absolute Gasteiger partial charge is 0.306 e. The van der Waals surface area contributed by atoms with Crippen LogP contribution >= 0.6 is 0 Å². The van der Waals surface area contributed by atoms with Gasteiger partial charge in [0.1, 0.15) is 6.10 Å². The molecule has 0 aromatic carbocycles. The molecule has 2 unspecified atom stereocenters. The summed E-state index contributed by atoms with van der Waals surface area (Å²) in [5.41, 5.74) is 0. The van der Waals surface area contributed by atoms with Crippen LogP contribution in [0.4, 0.5) is 0 Å². The molecule has 0 aromatic rings. The van der Waals surface area contributed by atoms with Gasteiger partial charge in [-0.15, -0.1) is 0 Å². The van der Waals surface area contributed by atoms with Gasteiger partial charge in [0.25, 0.3) is 0 Å². The lowest BCUT2D eigenvalue weighted by Gasteiger charge is -2.22. The highest BCUT2D eigenvalue weighted by molar-refractivity contribution is 5.70. The molecule has 1 heterocycles. The summed E-state index contributed by atoms with van der Waals surface area (Å²) in [6.07, 6.45) is 16.4. The first-order valence-corrected chi connectivity index (χ1v) is 8.76. The fourth-order valence-electron chi connectivity index (χ4n) is 2.73. The van der Waals surface area contributed by atoms with Gasteiger partial charge < -0.3 is 9.84 Å². The number of esters is 1. The van der Waals surface area contributed by atoms with Gasteiger partial charge in [-0.05, 0) is 38.5 Å². The lowest BCUT2D eigenvalue weighted by molar-refractivity contribution is -0.154. The van der Waals surface area contributed by atoms with E-state index in [0.29, 0.717) is 12.8 Å². The van der Waals surface area contributed by atoms with Crippen molar-refractivity contribution in [3.63, 3.8) is 0 Å². The average molecular weight is 296 g/mol. The van der Waals surface area contributed by atoms with Crippen LogP contribution in [0, 0.1) is 0 Å². The summed E-state index contributed by atoms with van der Waals surface area (Å²) in [6, 6.07) is 0. The highest BCUT2D eigenvalue weighted by atomic mass is 16.5. The van der Waals surface area contributed by atoms with Crippen molar-refractivity contribution in [3.05, 3.63) is 12.2 Å². The number of carbonyl (C=O) groups excluding carboxylic acids is 1. The van der Waals surface area contributed by atoms with Gasteiger partial charge in [-0.3, -0.25) is 4.79 Å². The molecule has 0 spiro atoms. The van der Waals surface area contributed by atoms with Crippen LogP contribution in [0.5, 0.6) is 0 Å². The highest BCUT2D eigenvalue weighted by Gasteiger charge is 2.20. The summed E-state index contributed by atoms with van der Waals surface area (Å²) < 4.78 is 5.25. The lowest BCUT2D eigenvalue weighted by Crippen LogP contribution is -2.24. The first-order valence-electron chi connectivity index (χ1n) is 8.76. The van der Waals surface area contributed by atoms with Crippen LogP contribution in [-0.4, -0.2) is 23.3 Å². The molecule has 1 aliphatic heterocycles. The first-order chi connectivity index (χ1) is 10.2. The Morgan fingerprint density at radius 3 is 2.81 bits per heavy atom. The number of aliphatic hydroxyl groups is 1. The third kappa shape index (κ3) is 9.67. The molecule has 3 heteroatoms. The van der Waals surface area contributed by atoms with Gasteiger partial charge in [0.15, 0.2) is 0 Å². The van der Waals surface area contributed by atoms with Gasteiger partial charge in [-0.25, -0.2) is 0 Å². The molecule has 21 heavy (non-hydrogen) atoms. The Balaban J connectivity index is 1.98. The Morgan fingerprint density at radius 2 is 2.05 bits per heavy atom. The van der Waals surface area contributed by atoms with E-state index in [0.717, 1.165) is 25.7 Å². The molecular formula is C18H32O3. The lowest BCUT2D eigenvalue weighted by atomic mass is 10.0. The Bertz CT molecular complexity index is 299. The summed E-state index contributed by atoms with van der Waals surface area (Å²) in [5, 5.41) is 9.89. The number of cyclic esters (lactones) is 1. The zero-order valence-electron chi connectivity index (χ0n) is 13.6. The second kappa shape index (κ2) is 11.8. The van der Waals surface area contributed by atoms with Crippen LogP contribution in [0.25, 0.3) is 0 Å². The number of rotatable bonds is 11. The predicted octanol–water partition coefficient (Wildman–Crippen LogP) is 4.53. The Hall–Kier alpha value is -0.830. The Morgan fingerprint density at radius 1 is 1.29 bits per heavy atom. The van der Waals surface area contributed by atoms with Crippen LogP contribution in [0.15, 0.2) is 12.2 Å². The Kier molecular flexibility index (Phi) is 10.2. The van der Waals surface area contributed by atoms with Crippen molar-refractivity contribution in [2.75, 3.05) is 0 Å². The standard InChI is InChI=1S/C18H32O3/c1-2-3-4-5-6-7-8-9-11-16(19)14-15-17-12-10-13-18(20)21-17/h9,11,16-17,19H,2-8,10,12-15H2,1H3. The minimum Gasteiger partial charge on any atom is -0.462 e. The normalized spacial score (nSPS) is 20.7. The van der Waals surface area contributed by atoms with Gasteiger partial charge in [-0.2, -0.15) is 0 Å². The second-order valence-electron chi connectivity index (χ2n) is 6.13. The molecule has 0 amide bonds. The monoisotopic (exact) mass is 296 g/mol. The van der Waals surface area contributed by atoms with E-state index in [9.17, 15) is 9.90 Å². The van der Waals surface area contributed by atoms with Gasteiger partial charge in [-0.1, -0.05) is 51.2 Å². The molecule has 3 nitrogen and oxygen atoms in total. The molecule has 2 atom stereocenters. The van der Waals surface area contributed by atoms with Crippen LogP contribution in [0.1, 0.15) is 84.0 Å². The third-order valence-corrected chi connectivity index (χ3v) is 4.07. The van der Waals surface area contributed by atoms with Crippen molar-refractivity contribution in [1.82, 2.24) is 0 Å². The summed E-state index contributed by atoms with van der Waals surface area (Å²) >= 11 is 0. The van der Waals surface area contributed by atoms with Gasteiger partial charge in [0.05, 0.1) is 6.10 Å². The van der Waals surface area contributed by atoms with Crippen molar-refractivity contribution < 1.29 is 14.6 Å². The van der Waals surface area contributed by atoms with Crippen LogP contribution < -0.4 is 0 Å². The second-order valence-corrected chi connectivity index (χ2v) is 6.13. The van der Waals surface area contributed by atoms with E-state index in [4.69, 9.17) is 4.74 Å². The minimum atomic E-state index is -0.397. The highest BCUT2D eigenvalue weighted by Crippen LogP contribution is 2.19. The van der Waals surface area contributed by atoms with Crippen LogP contribution in [0.2, 0.25) is 0 Å². The molecule has 0 aromatic heterocycles. The van der Waals surface area contributed by atoms with E-state index < -0.39 is 6.10 Å². The maximum atomic E-state index is 11.2. The zero-order chi connectivity index (χ0) is 15.3. The number of hydrogen-bond donors (Lipinski definition) is 1. The van der Waals surface area contributed by atoms with E-state index in [2.05, 4.69) is 13.0 Å². The SMILES string of the molecule is CCCCCCCCC=CC(O)CCC1CCCC(=O)O1. The molecule has 1 rings (SSSR count). The first kappa shape index (κ1) is 18.2. The number of aliphatic hydroxyl groups excluding tert-OH is 1. The maximum Gasteiger partial charge on any atom is 0.306 e. The van der Waals surface area contributed by atoms with Gasteiger partial charge in [0, 0.05) is 6.42 Å². The van der Waals surface area contributed by atoms with E-state index in [1.54, 1.807) is 0 Å². The Labute approximate surface area is 129 Å². The fraction of sp³-hybridized carbons (Fsp3) is 0.833. The van der Waals surface area contributed by atoms with Gasteiger partial charge in [0.2, 0.25) is 0 Å². The predicted molar refractivity (Wildman–Crippen MR) is 86.1 cm³/mol. The summed E-state index contributed by atoms with van der Waals surface area (Å²) in [7, 11) is 0. The third-order valence-electron chi connectivity index (χ3n) is 4.07. The van der Waals surface area contributed by atoms with E-state index in [-0.39, 0.29) is 12.1 Å². The molecule has 1 saturated heterocycles. The molecule has 0 radical (unpaired) electrons. The number of ether oxygens (including phenoxy) is 1. The molecular weight excluding hydrogens is 264 g/mol. The minimum absolute atomic E-state index is 0.0212. The number of allylic oxidation sites excluding steroid dienone is 1. The fourth-order valence-corrected chi connectivity index (χ4v) is 2.73. The number of hydrogen-bond acceptors (Lipinski definition) is 3. The summed E-state index contributed by atoms with van der Waals surface area (Å²) in [4.78, 5) is 11.2. The van der Waals surface area contributed by atoms with Crippen molar-refractivity contribution in [2.45, 2.75) is 96.2 Å². The number of unbranched alkanes of at least 4 members (excludes halogenated alkanes) is 6. The van der Waals surface area contributed by atoms with Gasteiger partial charge >= 0.3 is 5.97 Å². The topological polar surface area (TPSA) is 46.5 Å². The largest absolute Gasteiger partial charge is 0.462 e. The molecule has 1 aliphatic rings. The van der Waals surface area contributed by atoms with E-state index in [1.165, 1.54) is 38.5 Å². The summed E-state index contributed by atoms with van der Waals surface area (Å²) in [6.45, 7) is 2.23. The van der Waals surface area contributed by atoms with E-state index in [1.807, 2.05) is 6.08 Å². The quantitative estimate of drug-likeness (QED) is 0.346. The van der Waals surface area contributed by atoms with Crippen molar-refractivity contribution >= 4 is 5.97 Å². The van der Waals surface area contributed by atoms with Crippen molar-refractivity contribution in [3.8, 4) is 0 Å². The molecule has 0 aliphatic carbocycles. The number of carbonyl (C=O) groups is 1.